The Balaban J connectivity index is 1.28. The van der Waals surface area contributed by atoms with Crippen molar-refractivity contribution in [3.8, 4) is 0 Å². The smallest absolute Gasteiger partial charge is 0.238 e. The second-order valence-corrected chi connectivity index (χ2v) is 8.92. The topological polar surface area (TPSA) is 51.3 Å². The highest BCUT2D eigenvalue weighted by molar-refractivity contribution is 5.92. The maximum atomic E-state index is 12.7. The minimum Gasteiger partial charge on any atom is -0.378 e. The van der Waals surface area contributed by atoms with Crippen LogP contribution in [0.3, 0.4) is 0 Å². The number of hydrogen-bond donors (Lipinski definition) is 1. The summed E-state index contributed by atoms with van der Waals surface area (Å²) in [7, 11) is 1.99. The zero-order chi connectivity index (χ0) is 23.0. The summed E-state index contributed by atoms with van der Waals surface area (Å²) in [6, 6.07) is 16.7. The summed E-state index contributed by atoms with van der Waals surface area (Å²) < 4.78 is 5.49. The van der Waals surface area contributed by atoms with Crippen molar-refractivity contribution in [3.05, 3.63) is 54.1 Å². The van der Waals surface area contributed by atoms with E-state index in [0.29, 0.717) is 6.54 Å². The van der Waals surface area contributed by atoms with Crippen LogP contribution in [0, 0.1) is 0 Å². The number of benzene rings is 2. The van der Waals surface area contributed by atoms with E-state index in [0.717, 1.165) is 71.3 Å². The minimum atomic E-state index is 0.00524. The Morgan fingerprint density at radius 2 is 1.64 bits per heavy atom. The average molecular weight is 452 g/mol. The molecule has 178 valence electrons. The number of amides is 1. The Morgan fingerprint density at radius 3 is 2.33 bits per heavy atom. The van der Waals surface area contributed by atoms with Gasteiger partial charge < -0.3 is 24.8 Å². The van der Waals surface area contributed by atoms with E-state index in [1.165, 1.54) is 16.9 Å². The van der Waals surface area contributed by atoms with Gasteiger partial charge in [0.2, 0.25) is 5.91 Å². The predicted octanol–water partition coefficient (Wildman–Crippen LogP) is 2.74. The number of para-hydroxylation sites is 1. The molecule has 7 nitrogen and oxygen atoms in total. The van der Waals surface area contributed by atoms with E-state index >= 15 is 0 Å². The van der Waals surface area contributed by atoms with Crippen LogP contribution < -0.4 is 15.1 Å². The van der Waals surface area contributed by atoms with E-state index in [2.05, 4.69) is 68.2 Å². The lowest BCUT2D eigenvalue weighted by molar-refractivity contribution is -0.117. The van der Waals surface area contributed by atoms with Crippen LogP contribution in [0.15, 0.2) is 48.5 Å². The molecular formula is C26H37N5O2. The van der Waals surface area contributed by atoms with Crippen molar-refractivity contribution >= 4 is 23.0 Å². The number of piperazine rings is 1. The van der Waals surface area contributed by atoms with E-state index < -0.39 is 0 Å². The van der Waals surface area contributed by atoms with E-state index in [4.69, 9.17) is 4.74 Å². The fourth-order valence-corrected chi connectivity index (χ4v) is 4.63. The lowest BCUT2D eigenvalue weighted by atomic mass is 10.1. The molecule has 4 rings (SSSR count). The summed E-state index contributed by atoms with van der Waals surface area (Å²) in [5, 5.41) is 3.05. The second-order valence-electron chi connectivity index (χ2n) is 8.92. The summed E-state index contributed by atoms with van der Waals surface area (Å²) >= 11 is 0. The van der Waals surface area contributed by atoms with Crippen LogP contribution in [0.2, 0.25) is 0 Å². The second kappa shape index (κ2) is 11.5. The molecule has 2 aliphatic heterocycles. The number of rotatable bonds is 8. The molecule has 33 heavy (non-hydrogen) atoms. The van der Waals surface area contributed by atoms with Gasteiger partial charge in [0, 0.05) is 62.9 Å². The van der Waals surface area contributed by atoms with Gasteiger partial charge in [-0.15, -0.1) is 0 Å². The Morgan fingerprint density at radius 1 is 0.939 bits per heavy atom. The molecule has 0 aliphatic carbocycles. The van der Waals surface area contributed by atoms with Crippen molar-refractivity contribution in [2.75, 3.05) is 87.7 Å². The molecule has 0 bridgehead atoms. The van der Waals surface area contributed by atoms with Crippen molar-refractivity contribution < 1.29 is 9.53 Å². The number of carbonyl (C=O) groups is 1. The molecule has 2 fully saturated rings. The molecule has 0 spiro atoms. The molecule has 0 radical (unpaired) electrons. The first kappa shape index (κ1) is 23.5. The van der Waals surface area contributed by atoms with Crippen molar-refractivity contribution in [1.29, 1.82) is 0 Å². The van der Waals surface area contributed by atoms with Gasteiger partial charge in [-0.2, -0.15) is 0 Å². The molecule has 2 heterocycles. The normalized spacial score (nSPS) is 17.4. The zero-order valence-corrected chi connectivity index (χ0v) is 20.0. The molecule has 0 saturated carbocycles. The van der Waals surface area contributed by atoms with Gasteiger partial charge in [-0.05, 0) is 49.5 Å². The van der Waals surface area contributed by atoms with Crippen LogP contribution >= 0.6 is 0 Å². The molecule has 0 atom stereocenters. The first-order valence-electron chi connectivity index (χ1n) is 12.1. The number of hydrogen-bond acceptors (Lipinski definition) is 6. The van der Waals surface area contributed by atoms with Gasteiger partial charge in [0.05, 0.1) is 19.8 Å². The largest absolute Gasteiger partial charge is 0.378 e. The van der Waals surface area contributed by atoms with Crippen molar-refractivity contribution in [3.63, 3.8) is 0 Å². The fraction of sp³-hybridized carbons (Fsp3) is 0.500. The zero-order valence-electron chi connectivity index (χ0n) is 20.0. The number of likely N-dealkylation sites (N-methyl/N-ethyl adjacent to an activating group) is 2. The molecule has 2 aromatic rings. The average Bonchev–Trinajstić information content (AvgIpc) is 2.85. The van der Waals surface area contributed by atoms with Gasteiger partial charge in [0.1, 0.15) is 0 Å². The third-order valence-electron chi connectivity index (χ3n) is 6.53. The van der Waals surface area contributed by atoms with Gasteiger partial charge in [0.25, 0.3) is 0 Å². The monoisotopic (exact) mass is 451 g/mol. The molecule has 1 N–H and O–H groups in total. The van der Waals surface area contributed by atoms with Gasteiger partial charge in [0.15, 0.2) is 0 Å². The van der Waals surface area contributed by atoms with Gasteiger partial charge in [-0.1, -0.05) is 25.1 Å². The molecule has 0 unspecified atom stereocenters. The summed E-state index contributed by atoms with van der Waals surface area (Å²) in [5.74, 6) is 0.00524. The minimum absolute atomic E-state index is 0.00524. The third-order valence-corrected chi connectivity index (χ3v) is 6.53. The van der Waals surface area contributed by atoms with Crippen LogP contribution in [0.4, 0.5) is 17.1 Å². The van der Waals surface area contributed by atoms with Gasteiger partial charge in [-0.3, -0.25) is 9.69 Å². The highest BCUT2D eigenvalue weighted by atomic mass is 16.5. The lowest BCUT2D eigenvalue weighted by Gasteiger charge is -2.35. The lowest BCUT2D eigenvalue weighted by Crippen LogP contribution is -2.46. The maximum Gasteiger partial charge on any atom is 0.238 e. The maximum absolute atomic E-state index is 12.7. The van der Waals surface area contributed by atoms with Crippen molar-refractivity contribution in [1.82, 2.24) is 9.80 Å². The number of nitrogens with zero attached hydrogens (tertiary/aromatic N) is 4. The quantitative estimate of drug-likeness (QED) is 0.666. The number of anilines is 3. The van der Waals surface area contributed by atoms with Crippen LogP contribution in [0.5, 0.6) is 0 Å². The summed E-state index contributed by atoms with van der Waals surface area (Å²) in [6.45, 7) is 12.1. The van der Waals surface area contributed by atoms with Gasteiger partial charge in [-0.25, -0.2) is 0 Å². The molecule has 2 aromatic carbocycles. The van der Waals surface area contributed by atoms with Crippen LogP contribution in [-0.4, -0.2) is 88.3 Å². The SMILES string of the molecule is CCN1CCN(c2ccc(NC(=O)CN(C)Cc3ccccc3N3CCOCC3)cc2)CC1. The third kappa shape index (κ3) is 6.47. The van der Waals surface area contributed by atoms with E-state index in [9.17, 15) is 4.79 Å². The Hall–Kier alpha value is -2.61. The number of nitrogens with one attached hydrogen (secondary N) is 1. The number of morpholine rings is 1. The van der Waals surface area contributed by atoms with Gasteiger partial charge >= 0.3 is 0 Å². The molecule has 1 amide bonds. The molecule has 0 aromatic heterocycles. The predicted molar refractivity (Wildman–Crippen MR) is 135 cm³/mol. The summed E-state index contributed by atoms with van der Waals surface area (Å²) in [6.07, 6.45) is 0. The highest BCUT2D eigenvalue weighted by Gasteiger charge is 2.17. The van der Waals surface area contributed by atoms with E-state index in [-0.39, 0.29) is 5.91 Å². The summed E-state index contributed by atoms with van der Waals surface area (Å²) in [4.78, 5) is 22.0. The number of ether oxygens (including phenoxy) is 1. The molecule has 2 saturated heterocycles. The molecule has 2 aliphatic rings. The van der Waals surface area contributed by atoms with Crippen LogP contribution in [0.25, 0.3) is 0 Å². The number of carbonyl (C=O) groups excluding carboxylic acids is 1. The van der Waals surface area contributed by atoms with Crippen LogP contribution in [-0.2, 0) is 16.1 Å². The Kier molecular flexibility index (Phi) is 8.20. The first-order valence-corrected chi connectivity index (χ1v) is 12.1. The van der Waals surface area contributed by atoms with E-state index in [1.54, 1.807) is 0 Å². The highest BCUT2D eigenvalue weighted by Crippen LogP contribution is 2.23. The fourth-order valence-electron chi connectivity index (χ4n) is 4.63. The Labute approximate surface area is 197 Å². The molecular weight excluding hydrogens is 414 g/mol. The van der Waals surface area contributed by atoms with Crippen molar-refractivity contribution in [2.45, 2.75) is 13.5 Å². The van der Waals surface area contributed by atoms with Crippen LogP contribution in [0.1, 0.15) is 12.5 Å². The van der Waals surface area contributed by atoms with Crippen molar-refractivity contribution in [2.24, 2.45) is 0 Å². The molecule has 7 heteroatoms. The first-order chi connectivity index (χ1) is 16.1. The van der Waals surface area contributed by atoms with E-state index in [1.807, 2.05) is 19.2 Å². The summed E-state index contributed by atoms with van der Waals surface area (Å²) in [5.41, 5.74) is 4.55. The Bertz CT molecular complexity index is 890. The standard InChI is InChI=1S/C26H37N5O2/c1-3-29-12-14-30(15-13-29)24-10-8-23(9-11-24)27-26(32)21-28(2)20-22-6-4-5-7-25(22)31-16-18-33-19-17-31/h4-11H,3,12-21H2,1-2H3,(H,27,32).